The van der Waals surface area contributed by atoms with Crippen LogP contribution in [-0.2, 0) is 4.79 Å². The van der Waals surface area contributed by atoms with E-state index < -0.39 is 0 Å². The molecule has 7 nitrogen and oxygen atoms in total. The van der Waals surface area contributed by atoms with Crippen molar-refractivity contribution in [2.45, 2.75) is 52.5 Å². The molecule has 1 atom stereocenters. The fraction of sp³-hybridized carbons (Fsp3) is 0.458. The molecule has 3 rings (SSSR count). The van der Waals surface area contributed by atoms with Gasteiger partial charge in [-0.3, -0.25) is 14.4 Å². The smallest absolute Gasteiger partial charge is 0.258 e. The molecule has 31 heavy (non-hydrogen) atoms. The Labute approximate surface area is 183 Å². The van der Waals surface area contributed by atoms with E-state index in [1.54, 1.807) is 37.3 Å². The van der Waals surface area contributed by atoms with Crippen molar-refractivity contribution in [1.29, 1.82) is 0 Å². The number of hydrogen-bond donors (Lipinski definition) is 2. The van der Waals surface area contributed by atoms with Crippen LogP contribution >= 0.6 is 0 Å². The first-order valence-electron chi connectivity index (χ1n) is 10.9. The summed E-state index contributed by atoms with van der Waals surface area (Å²) < 4.78 is 5.15. The minimum Gasteiger partial charge on any atom is -0.469 e. The molecule has 2 heterocycles. The van der Waals surface area contributed by atoms with Crippen molar-refractivity contribution in [3.8, 4) is 0 Å². The number of anilines is 1. The van der Waals surface area contributed by atoms with Gasteiger partial charge in [-0.15, -0.1) is 0 Å². The van der Waals surface area contributed by atoms with Gasteiger partial charge in [0, 0.05) is 36.8 Å². The Morgan fingerprint density at radius 1 is 1.13 bits per heavy atom. The van der Waals surface area contributed by atoms with Crippen LogP contribution in [0.15, 0.2) is 41.0 Å². The highest BCUT2D eigenvalue weighted by molar-refractivity contribution is 6.04. The molecule has 166 valence electrons. The van der Waals surface area contributed by atoms with E-state index in [9.17, 15) is 14.4 Å². The molecule has 2 N–H and O–H groups in total. The molecule has 1 aliphatic rings. The Bertz CT molecular complexity index is 917. The summed E-state index contributed by atoms with van der Waals surface area (Å²) in [6.07, 6.45) is 4.27. The van der Waals surface area contributed by atoms with Crippen LogP contribution in [0.2, 0.25) is 0 Å². The first-order chi connectivity index (χ1) is 14.8. The standard InChI is InChI=1S/C24H31N3O4/c1-16(2)10-12-27-13-11-21(8-9-22(27)28)26-23(29)18-4-6-20(7-5-18)25-24(30)19-14-17(3)31-15-19/h4-7,14-16,21H,8-13H2,1-3H3,(H,25,30)(H,26,29). The molecule has 1 aromatic carbocycles. The SMILES string of the molecule is Cc1cc(C(=O)Nc2ccc(C(=O)NC3CCC(=O)N(CCC(C)C)CC3)cc2)co1. The lowest BCUT2D eigenvalue weighted by molar-refractivity contribution is -0.130. The van der Waals surface area contributed by atoms with E-state index in [1.165, 1.54) is 6.26 Å². The highest BCUT2D eigenvalue weighted by atomic mass is 16.3. The predicted molar refractivity (Wildman–Crippen MR) is 119 cm³/mol. The first-order valence-corrected chi connectivity index (χ1v) is 10.9. The predicted octanol–water partition coefficient (Wildman–Crippen LogP) is 4.00. The highest BCUT2D eigenvalue weighted by Crippen LogP contribution is 2.16. The topological polar surface area (TPSA) is 91.7 Å². The molecule has 0 spiro atoms. The van der Waals surface area contributed by atoms with Gasteiger partial charge in [-0.2, -0.15) is 0 Å². The first kappa shape index (κ1) is 22.6. The average molecular weight is 426 g/mol. The third-order valence-corrected chi connectivity index (χ3v) is 5.52. The second kappa shape index (κ2) is 10.3. The number of benzene rings is 1. The van der Waals surface area contributed by atoms with Crippen molar-refractivity contribution in [2.75, 3.05) is 18.4 Å². The molecule has 0 radical (unpaired) electrons. The van der Waals surface area contributed by atoms with Crippen molar-refractivity contribution in [3.05, 3.63) is 53.5 Å². The summed E-state index contributed by atoms with van der Waals surface area (Å²) in [7, 11) is 0. The van der Waals surface area contributed by atoms with E-state index in [0.29, 0.717) is 47.9 Å². The van der Waals surface area contributed by atoms with Gasteiger partial charge in [0.1, 0.15) is 12.0 Å². The van der Waals surface area contributed by atoms with Crippen LogP contribution in [0.3, 0.4) is 0 Å². The van der Waals surface area contributed by atoms with E-state index in [1.807, 2.05) is 4.90 Å². The van der Waals surface area contributed by atoms with Crippen molar-refractivity contribution >= 4 is 23.4 Å². The number of hydrogen-bond acceptors (Lipinski definition) is 4. The number of nitrogens with zero attached hydrogens (tertiary/aromatic N) is 1. The molecule has 1 aliphatic heterocycles. The summed E-state index contributed by atoms with van der Waals surface area (Å²) in [5.41, 5.74) is 1.57. The van der Waals surface area contributed by atoms with Gasteiger partial charge in [0.25, 0.3) is 11.8 Å². The number of furan rings is 1. The fourth-order valence-electron chi connectivity index (χ4n) is 3.57. The zero-order chi connectivity index (χ0) is 22.4. The second-order valence-electron chi connectivity index (χ2n) is 8.54. The third kappa shape index (κ3) is 6.44. The van der Waals surface area contributed by atoms with Gasteiger partial charge in [-0.25, -0.2) is 0 Å². The number of amides is 3. The average Bonchev–Trinajstić information content (AvgIpc) is 3.10. The Balaban J connectivity index is 1.52. The zero-order valence-electron chi connectivity index (χ0n) is 18.4. The van der Waals surface area contributed by atoms with Gasteiger partial charge in [0.05, 0.1) is 5.56 Å². The van der Waals surface area contributed by atoms with Gasteiger partial charge >= 0.3 is 0 Å². The Hall–Kier alpha value is -3.09. The van der Waals surface area contributed by atoms with Crippen LogP contribution in [0, 0.1) is 12.8 Å². The van der Waals surface area contributed by atoms with Gasteiger partial charge in [-0.1, -0.05) is 13.8 Å². The van der Waals surface area contributed by atoms with E-state index in [2.05, 4.69) is 24.5 Å². The maximum absolute atomic E-state index is 12.7. The molecule has 1 saturated heterocycles. The van der Waals surface area contributed by atoms with Gasteiger partial charge in [0.2, 0.25) is 5.91 Å². The molecule has 7 heteroatoms. The lowest BCUT2D eigenvalue weighted by Crippen LogP contribution is -2.36. The summed E-state index contributed by atoms with van der Waals surface area (Å²) in [4.78, 5) is 39.1. The maximum atomic E-state index is 12.7. The van der Waals surface area contributed by atoms with E-state index in [4.69, 9.17) is 4.42 Å². The molecular weight excluding hydrogens is 394 g/mol. The number of carbonyl (C=O) groups is 3. The van der Waals surface area contributed by atoms with Crippen molar-refractivity contribution in [3.63, 3.8) is 0 Å². The fourth-order valence-corrected chi connectivity index (χ4v) is 3.57. The van der Waals surface area contributed by atoms with Gasteiger partial charge in [-0.05, 0) is 62.4 Å². The van der Waals surface area contributed by atoms with Crippen molar-refractivity contribution in [1.82, 2.24) is 10.2 Å². The molecular formula is C24H31N3O4. The number of aryl methyl sites for hydroxylation is 1. The quantitative estimate of drug-likeness (QED) is 0.701. The number of likely N-dealkylation sites (tertiary alicyclic amines) is 1. The van der Waals surface area contributed by atoms with Gasteiger partial charge < -0.3 is 20.0 Å². The molecule has 1 fully saturated rings. The molecule has 1 aromatic heterocycles. The van der Waals surface area contributed by atoms with Crippen LogP contribution < -0.4 is 10.6 Å². The summed E-state index contributed by atoms with van der Waals surface area (Å²) in [6.45, 7) is 7.54. The van der Waals surface area contributed by atoms with Crippen LogP contribution in [0.4, 0.5) is 5.69 Å². The Kier molecular flexibility index (Phi) is 7.50. The summed E-state index contributed by atoms with van der Waals surface area (Å²) in [5.74, 6) is 0.962. The molecule has 3 amide bonds. The minimum atomic E-state index is -0.265. The summed E-state index contributed by atoms with van der Waals surface area (Å²) in [6, 6.07) is 8.40. The maximum Gasteiger partial charge on any atom is 0.258 e. The Morgan fingerprint density at radius 2 is 1.87 bits per heavy atom. The van der Waals surface area contributed by atoms with Crippen LogP contribution in [-0.4, -0.2) is 41.8 Å². The summed E-state index contributed by atoms with van der Waals surface area (Å²) in [5, 5.41) is 5.84. The second-order valence-corrected chi connectivity index (χ2v) is 8.54. The van der Waals surface area contributed by atoms with E-state index in [-0.39, 0.29) is 23.8 Å². The van der Waals surface area contributed by atoms with Crippen LogP contribution in [0.5, 0.6) is 0 Å². The zero-order valence-corrected chi connectivity index (χ0v) is 18.4. The lowest BCUT2D eigenvalue weighted by Gasteiger charge is -2.22. The molecule has 0 saturated carbocycles. The molecule has 2 aromatic rings. The van der Waals surface area contributed by atoms with Crippen LogP contribution in [0.25, 0.3) is 0 Å². The van der Waals surface area contributed by atoms with Gasteiger partial charge in [0.15, 0.2) is 0 Å². The largest absolute Gasteiger partial charge is 0.469 e. The number of nitrogens with one attached hydrogen (secondary N) is 2. The number of rotatable bonds is 7. The van der Waals surface area contributed by atoms with E-state index >= 15 is 0 Å². The summed E-state index contributed by atoms with van der Waals surface area (Å²) >= 11 is 0. The Morgan fingerprint density at radius 3 is 2.52 bits per heavy atom. The van der Waals surface area contributed by atoms with Crippen LogP contribution in [0.1, 0.15) is 66.0 Å². The third-order valence-electron chi connectivity index (χ3n) is 5.52. The number of carbonyl (C=O) groups excluding carboxylic acids is 3. The van der Waals surface area contributed by atoms with Crippen molar-refractivity contribution < 1.29 is 18.8 Å². The molecule has 1 unspecified atom stereocenters. The normalized spacial score (nSPS) is 16.8. The molecule has 0 aliphatic carbocycles. The minimum absolute atomic E-state index is 0.0239. The monoisotopic (exact) mass is 425 g/mol. The van der Waals surface area contributed by atoms with E-state index in [0.717, 1.165) is 19.4 Å². The molecule has 0 bridgehead atoms. The highest BCUT2D eigenvalue weighted by Gasteiger charge is 2.23. The lowest BCUT2D eigenvalue weighted by atomic mass is 10.1. The van der Waals surface area contributed by atoms with Crippen molar-refractivity contribution in [2.24, 2.45) is 5.92 Å².